The molecule has 0 fully saturated rings. The Morgan fingerprint density at radius 3 is 2.62 bits per heavy atom. The second-order valence-corrected chi connectivity index (χ2v) is 5.53. The van der Waals surface area contributed by atoms with Crippen LogP contribution in [0.15, 0.2) is 46.2 Å². The number of rotatable bonds is 9. The molecule has 1 heterocycles. The van der Waals surface area contributed by atoms with Crippen LogP contribution in [0.3, 0.4) is 0 Å². The summed E-state index contributed by atoms with van der Waals surface area (Å²) in [6, 6.07) is 9.11. The van der Waals surface area contributed by atoms with Gasteiger partial charge in [0.1, 0.15) is 12.4 Å². The molecule has 0 amide bonds. The Morgan fingerprint density at radius 2 is 2.04 bits per heavy atom. The molecule has 0 aliphatic carbocycles. The number of hydrogen-bond donors (Lipinski definition) is 0. The predicted octanol–water partition coefficient (Wildman–Crippen LogP) is 4.05. The topological polar surface area (TPSA) is 47.2 Å². The fourth-order valence-corrected chi connectivity index (χ4v) is 2.54. The average Bonchev–Trinajstić information content (AvgIpc) is 3.12. The number of nitrogens with zero attached hydrogens (tertiary/aromatic N) is 2. The summed E-state index contributed by atoms with van der Waals surface area (Å²) in [6.45, 7) is 7.56. The number of benzene rings is 1. The van der Waals surface area contributed by atoms with Crippen molar-refractivity contribution in [3.05, 3.63) is 52.9 Å². The van der Waals surface area contributed by atoms with Gasteiger partial charge in [-0.1, -0.05) is 30.6 Å². The summed E-state index contributed by atoms with van der Waals surface area (Å²) in [7, 11) is 1.58. The van der Waals surface area contributed by atoms with Gasteiger partial charge in [0.2, 0.25) is 0 Å². The molecule has 2 aromatic rings. The van der Waals surface area contributed by atoms with Gasteiger partial charge in [-0.05, 0) is 43.4 Å². The monoisotopic (exact) mass is 350 g/mol. The van der Waals surface area contributed by atoms with Gasteiger partial charge in [-0.2, -0.15) is 0 Å². The molecule has 130 valence electrons. The van der Waals surface area contributed by atoms with E-state index in [4.69, 9.17) is 25.6 Å². The van der Waals surface area contributed by atoms with Crippen LogP contribution >= 0.6 is 11.6 Å². The molecule has 0 aliphatic rings. The molecule has 6 heteroatoms. The lowest BCUT2D eigenvalue weighted by Crippen LogP contribution is -2.26. The Balaban J connectivity index is 2.17. The lowest BCUT2D eigenvalue weighted by Gasteiger charge is -2.16. The molecule has 2 rings (SSSR count). The van der Waals surface area contributed by atoms with Crippen LogP contribution in [0.5, 0.6) is 5.75 Å². The number of likely N-dealkylation sites (N-methyl/N-ethyl adjacent to an activating group) is 1. The Hall–Kier alpha value is -1.98. The van der Waals surface area contributed by atoms with Crippen molar-refractivity contribution in [2.24, 2.45) is 5.16 Å². The van der Waals surface area contributed by atoms with E-state index in [9.17, 15) is 0 Å². The average molecular weight is 351 g/mol. The quantitative estimate of drug-likeness (QED) is 0.389. The second kappa shape index (κ2) is 9.35. The molecule has 0 saturated carbocycles. The molecule has 0 N–H and O–H groups in total. The summed E-state index contributed by atoms with van der Waals surface area (Å²) >= 11 is 6.22. The van der Waals surface area contributed by atoms with Gasteiger partial charge in [0.25, 0.3) is 0 Å². The van der Waals surface area contributed by atoms with E-state index in [-0.39, 0.29) is 0 Å². The first kappa shape index (κ1) is 18.4. The zero-order chi connectivity index (χ0) is 17.4. The third-order valence-electron chi connectivity index (χ3n) is 3.73. The van der Waals surface area contributed by atoms with E-state index in [0.29, 0.717) is 28.9 Å². The normalized spacial score (nSPS) is 11.8. The van der Waals surface area contributed by atoms with Crippen molar-refractivity contribution in [1.29, 1.82) is 0 Å². The molecule has 5 nitrogen and oxygen atoms in total. The lowest BCUT2D eigenvalue weighted by molar-refractivity contribution is 0.114. The number of hydrogen-bond acceptors (Lipinski definition) is 5. The molecule has 1 aromatic heterocycles. The van der Waals surface area contributed by atoms with E-state index in [1.165, 1.54) is 0 Å². The highest BCUT2D eigenvalue weighted by Crippen LogP contribution is 2.26. The van der Waals surface area contributed by atoms with E-state index in [1.807, 2.05) is 18.2 Å². The number of ether oxygens (including phenoxy) is 1. The highest BCUT2D eigenvalue weighted by atomic mass is 35.5. The van der Waals surface area contributed by atoms with Crippen molar-refractivity contribution in [2.45, 2.75) is 13.8 Å². The molecule has 0 aliphatic heterocycles. The second-order valence-electron chi connectivity index (χ2n) is 5.13. The first-order valence-corrected chi connectivity index (χ1v) is 8.37. The molecule has 0 saturated heterocycles. The van der Waals surface area contributed by atoms with E-state index in [1.54, 1.807) is 25.5 Å². The summed E-state index contributed by atoms with van der Waals surface area (Å²) in [5.41, 5.74) is 1.41. The molecule has 1 aromatic carbocycles. The standard InChI is InChI=1S/C18H23ClN2O3/c1-4-21(5-2)10-12-24-20-18(17-7-6-11-23-17)14-8-9-16(22-3)15(19)13-14/h6-9,11,13H,4-5,10,12H2,1-3H3. The van der Waals surface area contributed by atoms with Crippen molar-refractivity contribution in [3.8, 4) is 5.75 Å². The van der Waals surface area contributed by atoms with Gasteiger partial charge < -0.3 is 18.9 Å². The van der Waals surface area contributed by atoms with Crippen LogP contribution in [-0.2, 0) is 4.84 Å². The molecular weight excluding hydrogens is 328 g/mol. The molecule has 0 radical (unpaired) electrons. The molecule has 0 unspecified atom stereocenters. The SMILES string of the molecule is CCN(CC)CCON=C(c1ccc(OC)c(Cl)c1)c1ccco1. The van der Waals surface area contributed by atoms with Crippen LogP contribution in [-0.4, -0.2) is 44.0 Å². The molecule has 0 atom stereocenters. The maximum atomic E-state index is 6.22. The molecule has 0 bridgehead atoms. The first-order chi connectivity index (χ1) is 11.7. The van der Waals surface area contributed by atoms with Crippen molar-refractivity contribution >= 4 is 17.3 Å². The Labute approximate surface area is 147 Å². The van der Waals surface area contributed by atoms with Crippen LogP contribution in [0.1, 0.15) is 25.2 Å². The van der Waals surface area contributed by atoms with Gasteiger partial charge in [0.15, 0.2) is 11.5 Å². The van der Waals surface area contributed by atoms with E-state index >= 15 is 0 Å². The minimum Gasteiger partial charge on any atom is -0.495 e. The smallest absolute Gasteiger partial charge is 0.156 e. The van der Waals surface area contributed by atoms with Crippen LogP contribution in [0.4, 0.5) is 0 Å². The summed E-state index contributed by atoms with van der Waals surface area (Å²) in [5, 5.41) is 4.78. The highest BCUT2D eigenvalue weighted by Gasteiger charge is 2.13. The maximum Gasteiger partial charge on any atom is 0.156 e. The van der Waals surface area contributed by atoms with Gasteiger partial charge in [-0.25, -0.2) is 0 Å². The molecule has 0 spiro atoms. The lowest BCUT2D eigenvalue weighted by atomic mass is 10.1. The minimum atomic E-state index is 0.510. The number of methoxy groups -OCH3 is 1. The van der Waals surface area contributed by atoms with Crippen LogP contribution < -0.4 is 4.74 Å². The van der Waals surface area contributed by atoms with Crippen LogP contribution in [0.2, 0.25) is 5.02 Å². The van der Waals surface area contributed by atoms with E-state index in [2.05, 4.69) is 23.9 Å². The molecular formula is C18H23ClN2O3. The third kappa shape index (κ3) is 4.76. The number of halogens is 1. The number of oxime groups is 1. The molecule has 24 heavy (non-hydrogen) atoms. The summed E-state index contributed by atoms with van der Waals surface area (Å²) in [6.07, 6.45) is 1.60. The van der Waals surface area contributed by atoms with E-state index < -0.39 is 0 Å². The van der Waals surface area contributed by atoms with Crippen molar-refractivity contribution < 1.29 is 14.0 Å². The zero-order valence-electron chi connectivity index (χ0n) is 14.3. The summed E-state index contributed by atoms with van der Waals surface area (Å²) in [5.74, 6) is 1.24. The van der Waals surface area contributed by atoms with Gasteiger partial charge >= 0.3 is 0 Å². The Kier molecular flexibility index (Phi) is 7.15. The fourth-order valence-electron chi connectivity index (χ4n) is 2.29. The first-order valence-electron chi connectivity index (χ1n) is 7.99. The maximum absolute atomic E-state index is 6.22. The largest absolute Gasteiger partial charge is 0.495 e. The predicted molar refractivity (Wildman–Crippen MR) is 96.1 cm³/mol. The minimum absolute atomic E-state index is 0.510. The fraction of sp³-hybridized carbons (Fsp3) is 0.389. The summed E-state index contributed by atoms with van der Waals surface area (Å²) in [4.78, 5) is 7.79. The van der Waals surface area contributed by atoms with Gasteiger partial charge in [0.05, 0.1) is 18.4 Å². The van der Waals surface area contributed by atoms with Crippen LogP contribution in [0, 0.1) is 0 Å². The van der Waals surface area contributed by atoms with Crippen molar-refractivity contribution in [1.82, 2.24) is 4.90 Å². The zero-order valence-corrected chi connectivity index (χ0v) is 15.0. The van der Waals surface area contributed by atoms with Gasteiger partial charge in [0, 0.05) is 12.1 Å². The summed E-state index contributed by atoms with van der Waals surface area (Å²) < 4.78 is 10.7. The highest BCUT2D eigenvalue weighted by molar-refractivity contribution is 6.32. The van der Waals surface area contributed by atoms with E-state index in [0.717, 1.165) is 25.2 Å². The van der Waals surface area contributed by atoms with Gasteiger partial charge in [-0.15, -0.1) is 0 Å². The third-order valence-corrected chi connectivity index (χ3v) is 4.02. The van der Waals surface area contributed by atoms with Crippen LogP contribution in [0.25, 0.3) is 0 Å². The van der Waals surface area contributed by atoms with Crippen molar-refractivity contribution in [3.63, 3.8) is 0 Å². The Morgan fingerprint density at radius 1 is 1.25 bits per heavy atom. The van der Waals surface area contributed by atoms with Gasteiger partial charge in [-0.3, -0.25) is 0 Å². The Bertz CT molecular complexity index is 652. The number of furan rings is 1. The van der Waals surface area contributed by atoms with Crippen molar-refractivity contribution in [2.75, 3.05) is 33.4 Å².